The van der Waals surface area contributed by atoms with Gasteiger partial charge in [-0.15, -0.1) is 0 Å². The first-order valence-electron chi connectivity index (χ1n) is 9.03. The van der Waals surface area contributed by atoms with Crippen molar-refractivity contribution in [3.63, 3.8) is 0 Å². The average molecular weight is 396 g/mol. The van der Waals surface area contributed by atoms with E-state index in [1.54, 1.807) is 4.90 Å². The molecule has 0 aromatic heterocycles. The van der Waals surface area contributed by atoms with E-state index in [9.17, 15) is 18.0 Å². The molecule has 2 fully saturated rings. The topological polar surface area (TPSA) is 104 Å². The summed E-state index contributed by atoms with van der Waals surface area (Å²) in [4.78, 5) is 25.4. The zero-order valence-corrected chi connectivity index (χ0v) is 16.0. The van der Waals surface area contributed by atoms with Crippen molar-refractivity contribution in [2.24, 2.45) is 5.92 Å². The predicted molar refractivity (Wildman–Crippen MR) is 96.9 cm³/mol. The van der Waals surface area contributed by atoms with Crippen molar-refractivity contribution >= 4 is 21.9 Å². The van der Waals surface area contributed by atoms with Crippen LogP contribution in [0.5, 0.6) is 0 Å². The smallest absolute Gasteiger partial charge is 0.335 e. The van der Waals surface area contributed by atoms with Gasteiger partial charge in [0.1, 0.15) is 0 Å². The van der Waals surface area contributed by atoms with Crippen molar-refractivity contribution in [3.05, 3.63) is 29.8 Å². The van der Waals surface area contributed by atoms with Gasteiger partial charge in [-0.25, -0.2) is 13.2 Å². The molecule has 2 heterocycles. The SMILES string of the molecule is CC1CC(C(=O)N2CCN(S(=O)(=O)c3ccc(C(=O)O)cc3)CC2)CCO1. The van der Waals surface area contributed by atoms with Crippen molar-refractivity contribution in [1.82, 2.24) is 9.21 Å². The van der Waals surface area contributed by atoms with Gasteiger partial charge in [0.15, 0.2) is 0 Å². The largest absolute Gasteiger partial charge is 0.478 e. The van der Waals surface area contributed by atoms with Crippen LogP contribution in [0, 0.1) is 5.92 Å². The first kappa shape index (κ1) is 19.8. The molecular weight excluding hydrogens is 372 g/mol. The van der Waals surface area contributed by atoms with E-state index in [1.807, 2.05) is 6.92 Å². The number of aromatic carboxylic acids is 1. The lowest BCUT2D eigenvalue weighted by molar-refractivity contribution is -0.141. The molecule has 2 aliphatic heterocycles. The molecule has 0 saturated carbocycles. The number of amides is 1. The number of sulfonamides is 1. The van der Waals surface area contributed by atoms with Crippen molar-refractivity contribution in [2.45, 2.75) is 30.8 Å². The Morgan fingerprint density at radius 3 is 2.30 bits per heavy atom. The summed E-state index contributed by atoms with van der Waals surface area (Å²) in [6.07, 6.45) is 1.48. The van der Waals surface area contributed by atoms with Crippen LogP contribution in [0.4, 0.5) is 0 Å². The normalized spacial score (nSPS) is 24.6. The molecular formula is C18H24N2O6S. The summed E-state index contributed by atoms with van der Waals surface area (Å²) >= 11 is 0. The Morgan fingerprint density at radius 1 is 1.11 bits per heavy atom. The molecule has 1 N–H and O–H groups in total. The van der Waals surface area contributed by atoms with Gasteiger partial charge >= 0.3 is 5.97 Å². The third-order valence-corrected chi connectivity index (χ3v) is 7.04. The van der Waals surface area contributed by atoms with Crippen LogP contribution >= 0.6 is 0 Å². The quantitative estimate of drug-likeness (QED) is 0.815. The van der Waals surface area contributed by atoms with Crippen molar-refractivity contribution in [3.8, 4) is 0 Å². The molecule has 2 unspecified atom stereocenters. The molecule has 1 aromatic carbocycles. The average Bonchev–Trinajstić information content (AvgIpc) is 2.67. The molecule has 0 aliphatic carbocycles. The Labute approximate surface area is 158 Å². The number of benzene rings is 1. The summed E-state index contributed by atoms with van der Waals surface area (Å²) in [5.41, 5.74) is 0.0371. The lowest BCUT2D eigenvalue weighted by Gasteiger charge is -2.37. The molecule has 2 saturated heterocycles. The summed E-state index contributed by atoms with van der Waals surface area (Å²) in [5.74, 6) is -1.08. The minimum absolute atomic E-state index is 0.0371. The Morgan fingerprint density at radius 2 is 1.74 bits per heavy atom. The zero-order chi connectivity index (χ0) is 19.6. The van der Waals surface area contributed by atoms with Gasteiger partial charge < -0.3 is 14.7 Å². The summed E-state index contributed by atoms with van der Waals surface area (Å²) in [6.45, 7) is 3.72. The highest BCUT2D eigenvalue weighted by atomic mass is 32.2. The summed E-state index contributed by atoms with van der Waals surface area (Å²) in [6, 6.07) is 5.17. The molecule has 3 rings (SSSR count). The Balaban J connectivity index is 1.62. The second-order valence-corrected chi connectivity index (χ2v) is 8.90. The van der Waals surface area contributed by atoms with Gasteiger partial charge in [0.25, 0.3) is 0 Å². The van der Waals surface area contributed by atoms with Crippen LogP contribution in [0.25, 0.3) is 0 Å². The Kier molecular flexibility index (Phi) is 5.83. The van der Waals surface area contributed by atoms with Gasteiger partial charge in [-0.3, -0.25) is 4.79 Å². The number of ether oxygens (including phenoxy) is 1. The molecule has 0 radical (unpaired) electrons. The first-order chi connectivity index (χ1) is 12.8. The molecule has 2 atom stereocenters. The van der Waals surface area contributed by atoms with E-state index in [0.29, 0.717) is 32.5 Å². The summed E-state index contributed by atoms with van der Waals surface area (Å²) < 4.78 is 32.3. The van der Waals surface area contributed by atoms with Crippen molar-refractivity contribution in [1.29, 1.82) is 0 Å². The monoisotopic (exact) mass is 396 g/mol. The van der Waals surface area contributed by atoms with Crippen LogP contribution in [-0.4, -0.2) is 73.5 Å². The fourth-order valence-corrected chi connectivity index (χ4v) is 4.97. The number of carbonyl (C=O) groups is 2. The lowest BCUT2D eigenvalue weighted by atomic mass is 9.94. The van der Waals surface area contributed by atoms with E-state index in [-0.39, 0.29) is 41.5 Å². The standard InChI is InChI=1S/C18H24N2O6S/c1-13-12-15(6-11-26-13)17(21)19-7-9-20(10-8-19)27(24,25)16-4-2-14(3-5-16)18(22)23/h2-5,13,15H,6-12H2,1H3,(H,22,23). The number of nitrogens with zero attached hydrogens (tertiary/aromatic N) is 2. The van der Waals surface area contributed by atoms with E-state index in [2.05, 4.69) is 0 Å². The van der Waals surface area contributed by atoms with Gasteiger partial charge in [0.2, 0.25) is 15.9 Å². The molecule has 1 aromatic rings. The fourth-order valence-electron chi connectivity index (χ4n) is 3.55. The summed E-state index contributed by atoms with van der Waals surface area (Å²) in [5, 5.41) is 8.93. The molecule has 1 amide bonds. The highest BCUT2D eigenvalue weighted by Gasteiger charge is 2.34. The molecule has 9 heteroatoms. The number of carboxylic acid groups (broad SMARTS) is 1. The minimum atomic E-state index is -3.70. The maximum absolute atomic E-state index is 12.7. The van der Waals surface area contributed by atoms with Crippen LogP contribution in [-0.2, 0) is 19.6 Å². The van der Waals surface area contributed by atoms with Gasteiger partial charge in [0, 0.05) is 38.7 Å². The van der Waals surface area contributed by atoms with Gasteiger partial charge in [0.05, 0.1) is 16.6 Å². The van der Waals surface area contributed by atoms with E-state index >= 15 is 0 Å². The fraction of sp³-hybridized carbons (Fsp3) is 0.556. The van der Waals surface area contributed by atoms with Gasteiger partial charge in [-0.1, -0.05) is 0 Å². The van der Waals surface area contributed by atoms with Crippen LogP contribution in [0.15, 0.2) is 29.2 Å². The maximum atomic E-state index is 12.7. The van der Waals surface area contributed by atoms with Crippen molar-refractivity contribution < 1.29 is 27.9 Å². The predicted octanol–water partition coefficient (Wildman–Crippen LogP) is 1.03. The number of hydrogen-bond acceptors (Lipinski definition) is 5. The molecule has 2 aliphatic rings. The molecule has 0 bridgehead atoms. The second kappa shape index (κ2) is 7.95. The highest BCUT2D eigenvalue weighted by molar-refractivity contribution is 7.89. The van der Waals surface area contributed by atoms with Gasteiger partial charge in [-0.05, 0) is 44.0 Å². The van der Waals surface area contributed by atoms with Crippen molar-refractivity contribution in [2.75, 3.05) is 32.8 Å². The number of carbonyl (C=O) groups excluding carboxylic acids is 1. The summed E-state index contributed by atoms with van der Waals surface area (Å²) in [7, 11) is -3.70. The number of hydrogen-bond donors (Lipinski definition) is 1. The minimum Gasteiger partial charge on any atom is -0.478 e. The van der Waals surface area contributed by atoms with E-state index in [4.69, 9.17) is 9.84 Å². The Hall–Kier alpha value is -1.97. The molecule has 148 valence electrons. The third kappa shape index (κ3) is 4.31. The van der Waals surface area contributed by atoms with Gasteiger partial charge in [-0.2, -0.15) is 4.31 Å². The first-order valence-corrected chi connectivity index (χ1v) is 10.5. The Bertz CT molecular complexity index is 800. The number of carboxylic acids is 1. The van der Waals surface area contributed by atoms with E-state index < -0.39 is 16.0 Å². The van der Waals surface area contributed by atoms with Crippen LogP contribution in [0.1, 0.15) is 30.1 Å². The number of piperazine rings is 1. The zero-order valence-electron chi connectivity index (χ0n) is 15.2. The number of rotatable bonds is 4. The second-order valence-electron chi connectivity index (χ2n) is 6.96. The molecule has 8 nitrogen and oxygen atoms in total. The van der Waals surface area contributed by atoms with Crippen LogP contribution in [0.3, 0.4) is 0 Å². The maximum Gasteiger partial charge on any atom is 0.335 e. The molecule has 0 spiro atoms. The highest BCUT2D eigenvalue weighted by Crippen LogP contribution is 2.24. The van der Waals surface area contributed by atoms with E-state index in [0.717, 1.165) is 0 Å². The molecule has 27 heavy (non-hydrogen) atoms. The van der Waals surface area contributed by atoms with Crippen LogP contribution < -0.4 is 0 Å². The lowest BCUT2D eigenvalue weighted by Crippen LogP contribution is -2.52. The van der Waals surface area contributed by atoms with Crippen LogP contribution in [0.2, 0.25) is 0 Å². The third-order valence-electron chi connectivity index (χ3n) is 5.12. The van der Waals surface area contributed by atoms with E-state index in [1.165, 1.54) is 28.6 Å².